The van der Waals surface area contributed by atoms with Crippen molar-refractivity contribution in [2.45, 2.75) is 0 Å². The first kappa shape index (κ1) is 6.68. The van der Waals surface area contributed by atoms with Crippen LogP contribution in [0.2, 0.25) is 0 Å². The van der Waals surface area contributed by atoms with Crippen LogP contribution >= 0.6 is 0 Å². The molecule has 11 heavy (non-hydrogen) atoms. The van der Waals surface area contributed by atoms with Gasteiger partial charge in [0.05, 0.1) is 6.61 Å². The molecule has 0 spiro atoms. The third-order valence-corrected chi connectivity index (χ3v) is 1.82. The SMILES string of the molecule is [c]1ccc(N2CCOC2)cc1. The average molecular weight is 148 g/mol. The molecule has 0 saturated carbocycles. The Morgan fingerprint density at radius 1 is 1.36 bits per heavy atom. The number of nitrogens with zero attached hydrogens (tertiary/aromatic N) is 1. The summed E-state index contributed by atoms with van der Waals surface area (Å²) in [4.78, 5) is 2.20. The van der Waals surface area contributed by atoms with Gasteiger partial charge in [-0.15, -0.1) is 0 Å². The summed E-state index contributed by atoms with van der Waals surface area (Å²) in [5.41, 5.74) is 1.22. The molecule has 0 unspecified atom stereocenters. The summed E-state index contributed by atoms with van der Waals surface area (Å²) in [7, 11) is 0. The van der Waals surface area contributed by atoms with E-state index in [1.807, 2.05) is 12.1 Å². The zero-order chi connectivity index (χ0) is 7.52. The van der Waals surface area contributed by atoms with Gasteiger partial charge in [0.25, 0.3) is 0 Å². The zero-order valence-corrected chi connectivity index (χ0v) is 6.29. The summed E-state index contributed by atoms with van der Waals surface area (Å²) in [5, 5.41) is 0. The van der Waals surface area contributed by atoms with Crippen LogP contribution in [0.3, 0.4) is 0 Å². The molecule has 1 heterocycles. The predicted molar refractivity (Wildman–Crippen MR) is 43.4 cm³/mol. The Bertz CT molecular complexity index is 216. The maximum atomic E-state index is 5.23. The Balaban J connectivity index is 2.16. The van der Waals surface area contributed by atoms with Gasteiger partial charge in [0.15, 0.2) is 0 Å². The van der Waals surface area contributed by atoms with Gasteiger partial charge >= 0.3 is 0 Å². The van der Waals surface area contributed by atoms with E-state index in [4.69, 9.17) is 4.74 Å². The molecule has 0 atom stereocenters. The highest BCUT2D eigenvalue weighted by Gasteiger charge is 2.10. The minimum atomic E-state index is 0.726. The Morgan fingerprint density at radius 2 is 2.18 bits per heavy atom. The quantitative estimate of drug-likeness (QED) is 0.595. The first-order chi connectivity index (χ1) is 5.47. The lowest BCUT2D eigenvalue weighted by Crippen LogP contribution is -2.17. The number of hydrogen-bond donors (Lipinski definition) is 0. The Kier molecular flexibility index (Phi) is 1.78. The molecule has 1 aromatic rings. The van der Waals surface area contributed by atoms with Crippen LogP contribution < -0.4 is 4.90 Å². The molecule has 1 saturated heterocycles. The van der Waals surface area contributed by atoms with Crippen LogP contribution in [0.1, 0.15) is 0 Å². The number of anilines is 1. The van der Waals surface area contributed by atoms with Crippen molar-refractivity contribution in [3.8, 4) is 0 Å². The summed E-state index contributed by atoms with van der Waals surface area (Å²) < 4.78 is 5.23. The van der Waals surface area contributed by atoms with Crippen molar-refractivity contribution in [1.82, 2.24) is 0 Å². The summed E-state index contributed by atoms with van der Waals surface area (Å²) in [5.74, 6) is 0. The number of benzene rings is 1. The molecule has 1 aromatic carbocycles. The van der Waals surface area contributed by atoms with Crippen LogP contribution in [0.4, 0.5) is 5.69 Å². The first-order valence-corrected chi connectivity index (χ1v) is 3.75. The Hall–Kier alpha value is -1.02. The van der Waals surface area contributed by atoms with E-state index < -0.39 is 0 Å². The molecule has 0 amide bonds. The normalized spacial score (nSPS) is 17.3. The lowest BCUT2D eigenvalue weighted by atomic mass is 10.3. The number of hydrogen-bond acceptors (Lipinski definition) is 2. The van der Waals surface area contributed by atoms with Crippen LogP contribution in [-0.4, -0.2) is 19.9 Å². The fourth-order valence-electron chi connectivity index (χ4n) is 1.21. The maximum absolute atomic E-state index is 5.23. The van der Waals surface area contributed by atoms with E-state index in [9.17, 15) is 0 Å². The summed E-state index contributed by atoms with van der Waals surface area (Å²) in [6, 6.07) is 10.9. The standard InChI is InChI=1S/C9H10NO/c1-2-4-9(5-3-1)10-6-7-11-8-10/h2-5H,6-8H2. The molecule has 1 fully saturated rings. The molecule has 2 heteroatoms. The smallest absolute Gasteiger partial charge is 0.119 e. The molecule has 1 aliphatic rings. The summed E-state index contributed by atoms with van der Waals surface area (Å²) in [6.07, 6.45) is 0. The van der Waals surface area contributed by atoms with Crippen molar-refractivity contribution < 1.29 is 4.74 Å². The topological polar surface area (TPSA) is 12.5 Å². The van der Waals surface area contributed by atoms with E-state index in [2.05, 4.69) is 23.1 Å². The number of ether oxygens (including phenoxy) is 1. The van der Waals surface area contributed by atoms with Gasteiger partial charge < -0.3 is 9.64 Å². The molecule has 2 nitrogen and oxygen atoms in total. The lowest BCUT2D eigenvalue weighted by Gasteiger charge is -2.14. The van der Waals surface area contributed by atoms with Gasteiger partial charge in [0, 0.05) is 12.2 Å². The second-order valence-corrected chi connectivity index (χ2v) is 2.56. The van der Waals surface area contributed by atoms with Crippen molar-refractivity contribution in [1.29, 1.82) is 0 Å². The van der Waals surface area contributed by atoms with Crippen LogP contribution in [0, 0.1) is 6.07 Å². The number of rotatable bonds is 1. The van der Waals surface area contributed by atoms with Crippen molar-refractivity contribution in [3.63, 3.8) is 0 Å². The van der Waals surface area contributed by atoms with Crippen molar-refractivity contribution in [2.75, 3.05) is 24.8 Å². The maximum Gasteiger partial charge on any atom is 0.119 e. The van der Waals surface area contributed by atoms with Crippen molar-refractivity contribution in [2.24, 2.45) is 0 Å². The molecular weight excluding hydrogens is 138 g/mol. The molecule has 1 radical (unpaired) electrons. The molecule has 2 rings (SSSR count). The van der Waals surface area contributed by atoms with Crippen molar-refractivity contribution in [3.05, 3.63) is 30.3 Å². The van der Waals surface area contributed by atoms with Crippen LogP contribution in [-0.2, 0) is 4.74 Å². The van der Waals surface area contributed by atoms with E-state index in [1.54, 1.807) is 0 Å². The fourth-order valence-corrected chi connectivity index (χ4v) is 1.21. The average Bonchev–Trinajstić information content (AvgIpc) is 2.58. The zero-order valence-electron chi connectivity index (χ0n) is 6.29. The third kappa shape index (κ3) is 1.35. The molecule has 0 N–H and O–H groups in total. The fraction of sp³-hybridized carbons (Fsp3) is 0.333. The van der Waals surface area contributed by atoms with E-state index >= 15 is 0 Å². The molecule has 57 valence electrons. The summed E-state index contributed by atoms with van der Waals surface area (Å²) >= 11 is 0. The van der Waals surface area contributed by atoms with Gasteiger partial charge in [-0.25, -0.2) is 0 Å². The van der Waals surface area contributed by atoms with Gasteiger partial charge in [-0.2, -0.15) is 0 Å². The highest BCUT2D eigenvalue weighted by molar-refractivity contribution is 5.45. The van der Waals surface area contributed by atoms with E-state index in [0.29, 0.717) is 0 Å². The minimum absolute atomic E-state index is 0.726. The van der Waals surface area contributed by atoms with Gasteiger partial charge in [0.2, 0.25) is 0 Å². The van der Waals surface area contributed by atoms with Crippen LogP contribution in [0.15, 0.2) is 24.3 Å². The Morgan fingerprint density at radius 3 is 2.82 bits per heavy atom. The monoisotopic (exact) mass is 148 g/mol. The molecule has 0 aromatic heterocycles. The predicted octanol–water partition coefficient (Wildman–Crippen LogP) is 1.28. The highest BCUT2D eigenvalue weighted by Crippen LogP contribution is 2.14. The minimum Gasteiger partial charge on any atom is -0.359 e. The van der Waals surface area contributed by atoms with E-state index in [0.717, 1.165) is 19.9 Å². The van der Waals surface area contributed by atoms with E-state index in [1.165, 1.54) is 5.69 Å². The van der Waals surface area contributed by atoms with Crippen LogP contribution in [0.5, 0.6) is 0 Å². The third-order valence-electron chi connectivity index (χ3n) is 1.82. The second kappa shape index (κ2) is 2.93. The van der Waals surface area contributed by atoms with Crippen LogP contribution in [0.25, 0.3) is 0 Å². The molecular formula is C9H10NO. The second-order valence-electron chi connectivity index (χ2n) is 2.56. The van der Waals surface area contributed by atoms with Gasteiger partial charge in [0.1, 0.15) is 6.73 Å². The van der Waals surface area contributed by atoms with Gasteiger partial charge in [-0.05, 0) is 18.2 Å². The first-order valence-electron chi connectivity index (χ1n) is 3.75. The van der Waals surface area contributed by atoms with E-state index in [-0.39, 0.29) is 0 Å². The molecule has 1 aliphatic heterocycles. The molecule has 0 bridgehead atoms. The van der Waals surface area contributed by atoms with Crippen molar-refractivity contribution >= 4 is 5.69 Å². The largest absolute Gasteiger partial charge is 0.359 e. The van der Waals surface area contributed by atoms with Gasteiger partial charge in [-0.3, -0.25) is 0 Å². The molecule has 0 aliphatic carbocycles. The lowest BCUT2D eigenvalue weighted by molar-refractivity contribution is 0.201. The highest BCUT2D eigenvalue weighted by atomic mass is 16.5. The Labute approximate surface area is 66.4 Å². The summed E-state index contributed by atoms with van der Waals surface area (Å²) in [6.45, 7) is 2.58. The van der Waals surface area contributed by atoms with Gasteiger partial charge in [-0.1, -0.05) is 12.1 Å².